The number of thioether (sulfide) groups is 1. The number of hydrogen-bond acceptors (Lipinski definition) is 2. The summed E-state index contributed by atoms with van der Waals surface area (Å²) in [7, 11) is 0. The van der Waals surface area contributed by atoms with Crippen LogP contribution in [0.1, 0.15) is 23.6 Å². The molecule has 0 fully saturated rings. The molecule has 2 aromatic carbocycles. The summed E-state index contributed by atoms with van der Waals surface area (Å²) in [6.45, 7) is 0. The maximum atomic E-state index is 13.7. The lowest BCUT2D eigenvalue weighted by molar-refractivity contribution is 0.612. The fraction of sp³-hybridized carbons (Fsp3) is 0.250. The average Bonchev–Trinajstić information content (AvgIpc) is 2.84. The van der Waals surface area contributed by atoms with Crippen molar-refractivity contribution >= 4 is 17.4 Å². The van der Waals surface area contributed by atoms with Gasteiger partial charge in [-0.3, -0.25) is 0 Å². The number of nitrogens with one attached hydrogen (secondary N) is 1. The van der Waals surface area contributed by atoms with Gasteiger partial charge < -0.3 is 5.32 Å². The first-order valence-corrected chi connectivity index (χ1v) is 7.68. The molecule has 1 N–H and O–H groups in total. The third-order valence-corrected chi connectivity index (χ3v) is 4.35. The Morgan fingerprint density at radius 3 is 2.89 bits per heavy atom. The number of anilines is 1. The van der Waals surface area contributed by atoms with Crippen molar-refractivity contribution in [3.8, 4) is 0 Å². The van der Waals surface area contributed by atoms with Gasteiger partial charge in [0.1, 0.15) is 5.82 Å². The molecule has 1 aliphatic rings. The van der Waals surface area contributed by atoms with Gasteiger partial charge in [0, 0.05) is 10.6 Å². The zero-order valence-electron chi connectivity index (χ0n) is 10.8. The van der Waals surface area contributed by atoms with E-state index in [-0.39, 0.29) is 11.9 Å². The first-order valence-electron chi connectivity index (χ1n) is 6.46. The van der Waals surface area contributed by atoms with Crippen molar-refractivity contribution in [2.75, 3.05) is 11.6 Å². The van der Waals surface area contributed by atoms with E-state index in [2.05, 4.69) is 35.8 Å². The zero-order chi connectivity index (χ0) is 13.2. The molecule has 0 saturated carbocycles. The fourth-order valence-electron chi connectivity index (χ4n) is 2.67. The zero-order valence-corrected chi connectivity index (χ0v) is 11.6. The van der Waals surface area contributed by atoms with E-state index < -0.39 is 0 Å². The van der Waals surface area contributed by atoms with E-state index in [0.29, 0.717) is 0 Å². The Hall–Kier alpha value is -1.48. The van der Waals surface area contributed by atoms with Gasteiger partial charge in [-0.1, -0.05) is 18.2 Å². The predicted octanol–water partition coefficient (Wildman–Crippen LogP) is 4.65. The van der Waals surface area contributed by atoms with E-state index >= 15 is 0 Å². The van der Waals surface area contributed by atoms with Crippen LogP contribution in [0.4, 0.5) is 10.1 Å². The van der Waals surface area contributed by atoms with Gasteiger partial charge in [-0.05, 0) is 54.5 Å². The van der Waals surface area contributed by atoms with Gasteiger partial charge in [0.05, 0.1) is 6.04 Å². The molecule has 1 nitrogen and oxygen atoms in total. The van der Waals surface area contributed by atoms with Crippen molar-refractivity contribution in [2.24, 2.45) is 0 Å². The molecule has 19 heavy (non-hydrogen) atoms. The topological polar surface area (TPSA) is 12.0 Å². The van der Waals surface area contributed by atoms with Crippen LogP contribution in [0.2, 0.25) is 0 Å². The van der Waals surface area contributed by atoms with Gasteiger partial charge >= 0.3 is 0 Å². The molecule has 0 bridgehead atoms. The van der Waals surface area contributed by atoms with E-state index in [4.69, 9.17) is 0 Å². The summed E-state index contributed by atoms with van der Waals surface area (Å²) in [4.78, 5) is 1.24. The fourth-order valence-corrected chi connectivity index (χ4v) is 3.13. The Kier molecular flexibility index (Phi) is 3.47. The summed E-state index contributed by atoms with van der Waals surface area (Å²) in [5, 5.41) is 3.52. The minimum absolute atomic E-state index is 0.0698. The second kappa shape index (κ2) is 5.25. The maximum Gasteiger partial charge on any atom is 0.126 e. The molecular formula is C16H16FNS. The SMILES string of the molecule is CSc1cccc(NC2CCc3c(F)cccc32)c1. The van der Waals surface area contributed by atoms with E-state index in [1.807, 2.05) is 6.07 Å². The third kappa shape index (κ3) is 2.47. The predicted molar refractivity (Wildman–Crippen MR) is 79.3 cm³/mol. The number of rotatable bonds is 3. The monoisotopic (exact) mass is 273 g/mol. The Bertz CT molecular complexity index is 597. The molecule has 1 atom stereocenters. The van der Waals surface area contributed by atoms with E-state index in [1.54, 1.807) is 23.9 Å². The smallest absolute Gasteiger partial charge is 0.126 e. The van der Waals surface area contributed by atoms with Crippen molar-refractivity contribution in [3.63, 3.8) is 0 Å². The highest BCUT2D eigenvalue weighted by Gasteiger charge is 2.24. The largest absolute Gasteiger partial charge is 0.378 e. The standard InChI is InChI=1S/C16H16FNS/c1-19-12-5-2-4-11(10-12)18-16-9-8-13-14(16)6-3-7-15(13)17/h2-7,10,16,18H,8-9H2,1H3. The summed E-state index contributed by atoms with van der Waals surface area (Å²) >= 11 is 1.73. The molecule has 2 aromatic rings. The lowest BCUT2D eigenvalue weighted by Crippen LogP contribution is -2.07. The summed E-state index contributed by atoms with van der Waals surface area (Å²) in [6.07, 6.45) is 3.85. The van der Waals surface area contributed by atoms with Crippen LogP contribution in [0.3, 0.4) is 0 Å². The van der Waals surface area contributed by atoms with Crippen LogP contribution in [0.15, 0.2) is 47.4 Å². The van der Waals surface area contributed by atoms with Crippen molar-refractivity contribution in [1.29, 1.82) is 0 Å². The van der Waals surface area contributed by atoms with Crippen LogP contribution in [0.5, 0.6) is 0 Å². The van der Waals surface area contributed by atoms with Crippen LogP contribution in [0, 0.1) is 5.82 Å². The summed E-state index contributed by atoms with van der Waals surface area (Å²) in [5.41, 5.74) is 3.09. The average molecular weight is 273 g/mol. The van der Waals surface area contributed by atoms with Gasteiger partial charge in [0.15, 0.2) is 0 Å². The second-order valence-electron chi connectivity index (χ2n) is 4.78. The number of fused-ring (bicyclic) bond motifs is 1. The van der Waals surface area contributed by atoms with Crippen LogP contribution in [-0.4, -0.2) is 6.26 Å². The summed E-state index contributed by atoms with van der Waals surface area (Å²) in [5.74, 6) is -0.0698. The molecule has 0 aliphatic heterocycles. The van der Waals surface area contributed by atoms with E-state index in [9.17, 15) is 4.39 Å². The van der Waals surface area contributed by atoms with Crippen LogP contribution in [-0.2, 0) is 6.42 Å². The van der Waals surface area contributed by atoms with Gasteiger partial charge in [-0.15, -0.1) is 11.8 Å². The Balaban J connectivity index is 1.84. The van der Waals surface area contributed by atoms with Crippen molar-refractivity contribution in [3.05, 3.63) is 59.4 Å². The van der Waals surface area contributed by atoms with E-state index in [1.165, 1.54) is 4.90 Å². The Morgan fingerprint density at radius 2 is 2.05 bits per heavy atom. The molecule has 0 spiro atoms. The number of benzene rings is 2. The molecule has 0 amide bonds. The molecule has 0 radical (unpaired) electrons. The highest BCUT2D eigenvalue weighted by Crippen LogP contribution is 2.35. The molecule has 0 heterocycles. The van der Waals surface area contributed by atoms with Crippen LogP contribution < -0.4 is 5.32 Å². The highest BCUT2D eigenvalue weighted by molar-refractivity contribution is 7.98. The second-order valence-corrected chi connectivity index (χ2v) is 5.65. The third-order valence-electron chi connectivity index (χ3n) is 3.62. The van der Waals surface area contributed by atoms with Gasteiger partial charge in [-0.2, -0.15) is 0 Å². The minimum atomic E-state index is -0.0698. The molecular weight excluding hydrogens is 257 g/mol. The van der Waals surface area contributed by atoms with Gasteiger partial charge in [0.2, 0.25) is 0 Å². The van der Waals surface area contributed by atoms with Crippen molar-refractivity contribution in [2.45, 2.75) is 23.8 Å². The molecule has 3 rings (SSSR count). The molecule has 98 valence electrons. The quantitative estimate of drug-likeness (QED) is 0.817. The minimum Gasteiger partial charge on any atom is -0.378 e. The van der Waals surface area contributed by atoms with Gasteiger partial charge in [-0.25, -0.2) is 4.39 Å². The summed E-state index contributed by atoms with van der Waals surface area (Å²) < 4.78 is 13.7. The lowest BCUT2D eigenvalue weighted by Gasteiger charge is -2.16. The molecule has 0 aromatic heterocycles. The van der Waals surface area contributed by atoms with Crippen LogP contribution in [0.25, 0.3) is 0 Å². The van der Waals surface area contributed by atoms with Crippen molar-refractivity contribution < 1.29 is 4.39 Å². The molecule has 1 unspecified atom stereocenters. The first kappa shape index (κ1) is 12.5. The maximum absolute atomic E-state index is 13.7. The van der Waals surface area contributed by atoms with E-state index in [0.717, 1.165) is 29.7 Å². The van der Waals surface area contributed by atoms with Crippen LogP contribution >= 0.6 is 11.8 Å². The Morgan fingerprint density at radius 1 is 1.21 bits per heavy atom. The first-order chi connectivity index (χ1) is 9.28. The molecule has 3 heteroatoms. The molecule has 0 saturated heterocycles. The summed E-state index contributed by atoms with van der Waals surface area (Å²) in [6, 6.07) is 14.0. The normalized spacial score (nSPS) is 17.3. The highest BCUT2D eigenvalue weighted by atomic mass is 32.2. The lowest BCUT2D eigenvalue weighted by atomic mass is 10.1. The van der Waals surface area contributed by atoms with Gasteiger partial charge in [0.25, 0.3) is 0 Å². The molecule has 1 aliphatic carbocycles. The number of hydrogen-bond donors (Lipinski definition) is 1. The van der Waals surface area contributed by atoms with Crippen molar-refractivity contribution in [1.82, 2.24) is 0 Å². The number of halogens is 1. The Labute approximate surface area is 117 Å².